The van der Waals surface area contributed by atoms with Gasteiger partial charge in [0.25, 0.3) is 0 Å². The largest absolute Gasteiger partial charge is 0.336 e. The Kier molecular flexibility index (Phi) is 4.43. The predicted molar refractivity (Wildman–Crippen MR) is 82.0 cm³/mol. The lowest BCUT2D eigenvalue weighted by molar-refractivity contribution is 0.421. The number of thioether (sulfide) groups is 1. The SMILES string of the molecule is Nn1c(SCc2ccccc2F)nnc1C1CCCCC1. The van der Waals surface area contributed by atoms with E-state index < -0.39 is 0 Å². The number of rotatable bonds is 4. The van der Waals surface area contributed by atoms with E-state index in [4.69, 9.17) is 5.84 Å². The summed E-state index contributed by atoms with van der Waals surface area (Å²) in [7, 11) is 0. The van der Waals surface area contributed by atoms with Crippen molar-refractivity contribution in [2.75, 3.05) is 5.84 Å². The molecular formula is C15H19FN4S. The van der Waals surface area contributed by atoms with Gasteiger partial charge >= 0.3 is 0 Å². The van der Waals surface area contributed by atoms with Crippen LogP contribution < -0.4 is 5.84 Å². The number of aromatic nitrogens is 3. The molecular weight excluding hydrogens is 287 g/mol. The van der Waals surface area contributed by atoms with Crippen LogP contribution in [0.4, 0.5) is 4.39 Å². The lowest BCUT2D eigenvalue weighted by Gasteiger charge is -2.20. The van der Waals surface area contributed by atoms with Crippen molar-refractivity contribution in [3.63, 3.8) is 0 Å². The van der Waals surface area contributed by atoms with E-state index in [0.717, 1.165) is 18.7 Å². The molecule has 21 heavy (non-hydrogen) atoms. The van der Waals surface area contributed by atoms with Crippen molar-refractivity contribution in [1.29, 1.82) is 0 Å². The van der Waals surface area contributed by atoms with Crippen LogP contribution in [-0.4, -0.2) is 14.9 Å². The minimum atomic E-state index is -0.194. The average Bonchev–Trinajstić information content (AvgIpc) is 2.88. The highest BCUT2D eigenvalue weighted by Crippen LogP contribution is 2.32. The van der Waals surface area contributed by atoms with Crippen molar-refractivity contribution in [2.24, 2.45) is 0 Å². The maximum Gasteiger partial charge on any atom is 0.210 e. The van der Waals surface area contributed by atoms with Crippen LogP contribution in [0.2, 0.25) is 0 Å². The smallest absolute Gasteiger partial charge is 0.210 e. The molecule has 3 rings (SSSR count). The van der Waals surface area contributed by atoms with Gasteiger partial charge in [0.2, 0.25) is 5.16 Å². The molecule has 1 aliphatic carbocycles. The standard InChI is InChI=1S/C15H19FN4S/c16-13-9-5-4-8-12(13)10-21-15-19-18-14(20(15)17)11-6-2-1-3-7-11/h4-5,8-9,11H,1-3,6-7,10,17H2. The van der Waals surface area contributed by atoms with Crippen molar-refractivity contribution < 1.29 is 4.39 Å². The molecule has 6 heteroatoms. The molecule has 0 aliphatic heterocycles. The van der Waals surface area contributed by atoms with Gasteiger partial charge in [0.15, 0.2) is 5.82 Å². The van der Waals surface area contributed by atoms with Crippen molar-refractivity contribution in [1.82, 2.24) is 14.9 Å². The summed E-state index contributed by atoms with van der Waals surface area (Å²) in [5, 5.41) is 9.06. The number of hydrogen-bond acceptors (Lipinski definition) is 4. The van der Waals surface area contributed by atoms with Gasteiger partial charge in [0.1, 0.15) is 5.82 Å². The molecule has 1 saturated carbocycles. The van der Waals surface area contributed by atoms with E-state index in [1.807, 2.05) is 6.07 Å². The lowest BCUT2D eigenvalue weighted by atomic mass is 9.89. The van der Waals surface area contributed by atoms with Crippen molar-refractivity contribution in [3.8, 4) is 0 Å². The van der Waals surface area contributed by atoms with Crippen LogP contribution in [0.5, 0.6) is 0 Å². The van der Waals surface area contributed by atoms with Crippen LogP contribution in [0.25, 0.3) is 0 Å². The summed E-state index contributed by atoms with van der Waals surface area (Å²) in [4.78, 5) is 0. The normalized spacial score (nSPS) is 16.2. The molecule has 0 amide bonds. The second-order valence-electron chi connectivity index (χ2n) is 5.43. The third-order valence-electron chi connectivity index (χ3n) is 3.98. The first kappa shape index (κ1) is 14.4. The van der Waals surface area contributed by atoms with Gasteiger partial charge in [-0.05, 0) is 24.5 Å². The topological polar surface area (TPSA) is 56.7 Å². The average molecular weight is 306 g/mol. The zero-order valence-corrected chi connectivity index (χ0v) is 12.7. The second kappa shape index (κ2) is 6.47. The molecule has 0 spiro atoms. The Hall–Kier alpha value is -1.56. The second-order valence-corrected chi connectivity index (χ2v) is 6.37. The first-order chi connectivity index (χ1) is 10.3. The van der Waals surface area contributed by atoms with Crippen molar-refractivity contribution >= 4 is 11.8 Å². The van der Waals surface area contributed by atoms with Gasteiger partial charge < -0.3 is 5.84 Å². The highest BCUT2D eigenvalue weighted by molar-refractivity contribution is 7.98. The number of halogens is 1. The molecule has 1 aromatic heterocycles. The highest BCUT2D eigenvalue weighted by Gasteiger charge is 2.22. The Morgan fingerprint density at radius 1 is 1.19 bits per heavy atom. The summed E-state index contributed by atoms with van der Waals surface area (Å²) in [5.74, 6) is 7.71. The van der Waals surface area contributed by atoms with Gasteiger partial charge in [-0.3, -0.25) is 0 Å². The van der Waals surface area contributed by atoms with E-state index in [1.165, 1.54) is 37.1 Å². The number of nitrogens with zero attached hydrogens (tertiary/aromatic N) is 3. The van der Waals surface area contributed by atoms with Crippen LogP contribution >= 0.6 is 11.8 Å². The Morgan fingerprint density at radius 2 is 1.95 bits per heavy atom. The Labute approximate surface area is 127 Å². The predicted octanol–water partition coefficient (Wildman–Crippen LogP) is 3.47. The van der Waals surface area contributed by atoms with Gasteiger partial charge in [-0.25, -0.2) is 9.07 Å². The third kappa shape index (κ3) is 3.20. The number of benzene rings is 1. The van der Waals surface area contributed by atoms with Crippen LogP contribution in [0.1, 0.15) is 49.4 Å². The van der Waals surface area contributed by atoms with E-state index >= 15 is 0 Å². The van der Waals surface area contributed by atoms with E-state index in [0.29, 0.717) is 22.4 Å². The zero-order chi connectivity index (χ0) is 14.7. The van der Waals surface area contributed by atoms with Crippen LogP contribution in [-0.2, 0) is 5.75 Å². The Balaban J connectivity index is 1.69. The number of nitrogens with two attached hydrogens (primary N) is 1. The lowest BCUT2D eigenvalue weighted by Crippen LogP contribution is -2.18. The fraction of sp³-hybridized carbons (Fsp3) is 0.467. The molecule has 112 valence electrons. The molecule has 0 radical (unpaired) electrons. The van der Waals surface area contributed by atoms with Crippen molar-refractivity contribution in [3.05, 3.63) is 41.5 Å². The van der Waals surface area contributed by atoms with Gasteiger partial charge in [-0.2, -0.15) is 0 Å². The molecule has 2 aromatic rings. The highest BCUT2D eigenvalue weighted by atomic mass is 32.2. The number of hydrogen-bond donors (Lipinski definition) is 1. The maximum atomic E-state index is 13.6. The van der Waals surface area contributed by atoms with Gasteiger partial charge in [0.05, 0.1) is 0 Å². The van der Waals surface area contributed by atoms with Gasteiger partial charge in [-0.15, -0.1) is 10.2 Å². The maximum absolute atomic E-state index is 13.6. The molecule has 1 heterocycles. The third-order valence-corrected chi connectivity index (χ3v) is 4.97. The molecule has 0 atom stereocenters. The minimum Gasteiger partial charge on any atom is -0.336 e. The number of nitrogen functional groups attached to an aromatic ring is 1. The van der Waals surface area contributed by atoms with Crippen LogP contribution in [0.15, 0.2) is 29.4 Å². The van der Waals surface area contributed by atoms with Crippen molar-refractivity contribution in [2.45, 2.75) is 48.9 Å². The summed E-state index contributed by atoms with van der Waals surface area (Å²) in [6.07, 6.45) is 6.02. The van der Waals surface area contributed by atoms with E-state index in [9.17, 15) is 4.39 Å². The monoisotopic (exact) mass is 306 g/mol. The van der Waals surface area contributed by atoms with E-state index in [-0.39, 0.29) is 5.82 Å². The van der Waals surface area contributed by atoms with Gasteiger partial charge in [-0.1, -0.05) is 49.2 Å². The first-order valence-electron chi connectivity index (χ1n) is 7.32. The molecule has 1 fully saturated rings. The summed E-state index contributed by atoms with van der Waals surface area (Å²) < 4.78 is 15.2. The molecule has 1 aromatic carbocycles. The first-order valence-corrected chi connectivity index (χ1v) is 8.31. The van der Waals surface area contributed by atoms with Crippen LogP contribution in [0.3, 0.4) is 0 Å². The quantitative estimate of drug-likeness (QED) is 0.694. The fourth-order valence-electron chi connectivity index (χ4n) is 2.78. The molecule has 4 nitrogen and oxygen atoms in total. The molecule has 0 bridgehead atoms. The van der Waals surface area contributed by atoms with E-state index in [2.05, 4.69) is 10.2 Å². The summed E-state index contributed by atoms with van der Waals surface area (Å²) in [6, 6.07) is 6.77. The molecule has 1 aliphatic rings. The Bertz CT molecular complexity index is 607. The summed E-state index contributed by atoms with van der Waals surface area (Å²) in [5.41, 5.74) is 0.657. The summed E-state index contributed by atoms with van der Waals surface area (Å²) >= 11 is 1.42. The Morgan fingerprint density at radius 3 is 2.71 bits per heavy atom. The zero-order valence-electron chi connectivity index (χ0n) is 11.8. The van der Waals surface area contributed by atoms with E-state index in [1.54, 1.807) is 16.8 Å². The summed E-state index contributed by atoms with van der Waals surface area (Å²) in [6.45, 7) is 0. The fourth-order valence-corrected chi connectivity index (χ4v) is 3.63. The molecule has 0 saturated heterocycles. The van der Waals surface area contributed by atoms with Crippen LogP contribution in [0, 0.1) is 5.82 Å². The molecule has 2 N–H and O–H groups in total. The van der Waals surface area contributed by atoms with Gasteiger partial charge in [0, 0.05) is 11.7 Å². The molecule has 0 unspecified atom stereocenters. The minimum absolute atomic E-state index is 0.194.